The van der Waals surface area contributed by atoms with Gasteiger partial charge in [0.15, 0.2) is 5.58 Å². The average Bonchev–Trinajstić information content (AvgIpc) is 2.92. The van der Waals surface area contributed by atoms with E-state index in [4.69, 9.17) is 16.0 Å². The fraction of sp³-hybridized carbons (Fsp3) is 0.222. The molecule has 0 fully saturated rings. The molecule has 1 aromatic heterocycles. The van der Waals surface area contributed by atoms with E-state index in [2.05, 4.69) is 10.3 Å². The second kappa shape index (κ2) is 6.87. The van der Waals surface area contributed by atoms with Crippen LogP contribution in [0.2, 0.25) is 5.02 Å². The minimum Gasteiger partial charge on any atom is -0.431 e. The summed E-state index contributed by atoms with van der Waals surface area (Å²) in [7, 11) is 0. The number of hydrogen-bond acceptors (Lipinski definition) is 4. The molecule has 0 radical (unpaired) electrons. The predicted octanol–water partition coefficient (Wildman–Crippen LogP) is 5.22. The van der Waals surface area contributed by atoms with Gasteiger partial charge in [0.25, 0.3) is 5.22 Å². The van der Waals surface area contributed by atoms with Gasteiger partial charge in [0.2, 0.25) is 5.91 Å². The van der Waals surface area contributed by atoms with Gasteiger partial charge in [0.1, 0.15) is 5.52 Å². The van der Waals surface area contributed by atoms with Gasteiger partial charge >= 0.3 is 0 Å². The van der Waals surface area contributed by atoms with Crippen molar-refractivity contribution in [1.82, 2.24) is 4.98 Å². The number of nitrogens with zero attached hydrogens (tertiary/aromatic N) is 1. The van der Waals surface area contributed by atoms with E-state index in [-0.39, 0.29) is 11.2 Å². The molecule has 3 aromatic rings. The van der Waals surface area contributed by atoms with E-state index in [0.29, 0.717) is 15.8 Å². The molecule has 0 aliphatic carbocycles. The molecule has 3 rings (SSSR count). The number of hydrogen-bond donors (Lipinski definition) is 1. The lowest BCUT2D eigenvalue weighted by Crippen LogP contribution is -2.22. The first-order valence-corrected chi connectivity index (χ1v) is 8.79. The van der Waals surface area contributed by atoms with Gasteiger partial charge in [-0.15, -0.1) is 0 Å². The van der Waals surface area contributed by atoms with Crippen molar-refractivity contribution in [2.24, 2.45) is 0 Å². The van der Waals surface area contributed by atoms with Gasteiger partial charge < -0.3 is 9.73 Å². The Morgan fingerprint density at radius 1 is 1.25 bits per heavy atom. The second-order valence-electron chi connectivity index (χ2n) is 5.66. The van der Waals surface area contributed by atoms with Crippen LogP contribution in [0.5, 0.6) is 0 Å². The molecule has 0 bridgehead atoms. The Bertz CT molecular complexity index is 907. The summed E-state index contributed by atoms with van der Waals surface area (Å²) >= 11 is 7.22. The number of aryl methyl sites for hydroxylation is 2. The second-order valence-corrected chi connectivity index (χ2v) is 7.39. The minimum absolute atomic E-state index is 0.0889. The maximum absolute atomic E-state index is 12.4. The van der Waals surface area contributed by atoms with Gasteiger partial charge in [-0.25, -0.2) is 4.98 Å². The molecule has 0 aliphatic rings. The summed E-state index contributed by atoms with van der Waals surface area (Å²) in [6.45, 7) is 5.79. The Morgan fingerprint density at radius 3 is 2.83 bits per heavy atom. The average molecular weight is 361 g/mol. The van der Waals surface area contributed by atoms with Crippen LogP contribution in [0.25, 0.3) is 11.1 Å². The summed E-state index contributed by atoms with van der Waals surface area (Å²) in [5.74, 6) is -0.0889. The molecule has 1 heterocycles. The number of fused-ring (bicyclic) bond motifs is 1. The molecule has 0 saturated carbocycles. The van der Waals surface area contributed by atoms with Crippen molar-refractivity contribution in [3.8, 4) is 0 Å². The normalized spacial score (nSPS) is 12.3. The largest absolute Gasteiger partial charge is 0.431 e. The maximum atomic E-state index is 12.4. The summed E-state index contributed by atoms with van der Waals surface area (Å²) in [6, 6.07) is 11.3. The van der Waals surface area contributed by atoms with E-state index in [1.165, 1.54) is 11.8 Å². The highest BCUT2D eigenvalue weighted by atomic mass is 35.5. The van der Waals surface area contributed by atoms with Crippen LogP contribution in [0.1, 0.15) is 18.1 Å². The molecule has 24 heavy (non-hydrogen) atoms. The number of benzene rings is 2. The lowest BCUT2D eigenvalue weighted by atomic mass is 10.1. The Morgan fingerprint density at radius 2 is 2.04 bits per heavy atom. The number of oxazole rings is 1. The number of anilines is 1. The lowest BCUT2D eigenvalue weighted by molar-refractivity contribution is -0.115. The van der Waals surface area contributed by atoms with Crippen LogP contribution in [0.4, 0.5) is 5.69 Å². The van der Waals surface area contributed by atoms with Crippen molar-refractivity contribution in [3.05, 3.63) is 52.5 Å². The molecule has 0 saturated heterocycles. The van der Waals surface area contributed by atoms with Crippen LogP contribution >= 0.6 is 23.4 Å². The lowest BCUT2D eigenvalue weighted by Gasteiger charge is -2.12. The van der Waals surface area contributed by atoms with Crippen molar-refractivity contribution in [3.63, 3.8) is 0 Å². The van der Waals surface area contributed by atoms with Crippen LogP contribution in [-0.2, 0) is 4.79 Å². The number of nitrogens with one attached hydrogen (secondary N) is 1. The Labute approximate surface area is 149 Å². The first kappa shape index (κ1) is 16.9. The molecule has 0 spiro atoms. The van der Waals surface area contributed by atoms with Gasteiger partial charge in [-0.05, 0) is 50.1 Å². The number of carbonyl (C=O) groups is 1. The highest BCUT2D eigenvalue weighted by Crippen LogP contribution is 2.29. The van der Waals surface area contributed by atoms with E-state index < -0.39 is 0 Å². The van der Waals surface area contributed by atoms with Gasteiger partial charge in [-0.3, -0.25) is 4.79 Å². The Balaban J connectivity index is 1.72. The standard InChI is InChI=1S/C18H17ClN2O2S/c1-10-4-5-11(2)15(8-10)20-17(22)12(3)24-18-21-14-7-6-13(19)9-16(14)23-18/h4-9,12H,1-3H3,(H,20,22)/t12-/m1/s1. The molecule has 6 heteroatoms. The van der Waals surface area contributed by atoms with Crippen LogP contribution < -0.4 is 5.32 Å². The fourth-order valence-corrected chi connectivity index (χ4v) is 3.16. The highest BCUT2D eigenvalue weighted by Gasteiger charge is 2.19. The summed E-state index contributed by atoms with van der Waals surface area (Å²) in [6.07, 6.45) is 0. The van der Waals surface area contributed by atoms with Crippen LogP contribution in [0, 0.1) is 13.8 Å². The van der Waals surface area contributed by atoms with E-state index in [9.17, 15) is 4.79 Å². The molecular formula is C18H17ClN2O2S. The molecule has 2 aromatic carbocycles. The van der Waals surface area contributed by atoms with Crippen LogP contribution in [0.15, 0.2) is 46.0 Å². The monoisotopic (exact) mass is 360 g/mol. The third-order valence-corrected chi connectivity index (χ3v) is 4.81. The molecule has 1 N–H and O–H groups in total. The Hall–Kier alpha value is -1.98. The van der Waals surface area contributed by atoms with Gasteiger partial charge in [0, 0.05) is 16.8 Å². The van der Waals surface area contributed by atoms with Gasteiger partial charge in [-0.2, -0.15) is 0 Å². The fourth-order valence-electron chi connectivity index (χ4n) is 2.24. The zero-order valence-corrected chi connectivity index (χ0v) is 15.2. The third kappa shape index (κ3) is 3.74. The molecule has 1 atom stereocenters. The summed E-state index contributed by atoms with van der Waals surface area (Å²) < 4.78 is 5.65. The van der Waals surface area contributed by atoms with E-state index in [1.807, 2.05) is 39.0 Å². The molecule has 4 nitrogen and oxygen atoms in total. The smallest absolute Gasteiger partial charge is 0.257 e. The zero-order chi connectivity index (χ0) is 17.3. The third-order valence-electron chi connectivity index (χ3n) is 3.63. The summed E-state index contributed by atoms with van der Waals surface area (Å²) in [4.78, 5) is 16.8. The van der Waals surface area contributed by atoms with Crippen molar-refractivity contribution < 1.29 is 9.21 Å². The molecular weight excluding hydrogens is 344 g/mol. The van der Waals surface area contributed by atoms with Crippen molar-refractivity contribution >= 4 is 46.1 Å². The van der Waals surface area contributed by atoms with Crippen LogP contribution in [0.3, 0.4) is 0 Å². The number of rotatable bonds is 4. The quantitative estimate of drug-likeness (QED) is 0.648. The van der Waals surface area contributed by atoms with Crippen molar-refractivity contribution in [2.45, 2.75) is 31.2 Å². The van der Waals surface area contributed by atoms with Crippen molar-refractivity contribution in [1.29, 1.82) is 0 Å². The first-order valence-electron chi connectivity index (χ1n) is 7.53. The number of thioether (sulfide) groups is 1. The van der Waals surface area contributed by atoms with Gasteiger partial charge in [-0.1, -0.05) is 35.5 Å². The SMILES string of the molecule is Cc1ccc(C)c(NC(=O)[C@@H](C)Sc2nc3ccc(Cl)cc3o2)c1. The van der Waals surface area contributed by atoms with E-state index in [1.54, 1.807) is 18.2 Å². The topological polar surface area (TPSA) is 55.1 Å². The summed E-state index contributed by atoms with van der Waals surface area (Å²) in [5, 5.41) is 3.67. The van der Waals surface area contributed by atoms with E-state index >= 15 is 0 Å². The summed E-state index contributed by atoms with van der Waals surface area (Å²) in [5.41, 5.74) is 4.31. The molecule has 0 unspecified atom stereocenters. The minimum atomic E-state index is -0.339. The zero-order valence-electron chi connectivity index (χ0n) is 13.6. The molecule has 0 aliphatic heterocycles. The Kier molecular flexibility index (Phi) is 4.83. The molecule has 1 amide bonds. The number of carbonyl (C=O) groups excluding carboxylic acids is 1. The van der Waals surface area contributed by atoms with E-state index in [0.717, 1.165) is 22.3 Å². The number of halogens is 1. The van der Waals surface area contributed by atoms with Gasteiger partial charge in [0.05, 0.1) is 5.25 Å². The maximum Gasteiger partial charge on any atom is 0.257 e. The van der Waals surface area contributed by atoms with Crippen LogP contribution in [-0.4, -0.2) is 16.1 Å². The predicted molar refractivity (Wildman–Crippen MR) is 98.9 cm³/mol. The highest BCUT2D eigenvalue weighted by molar-refractivity contribution is 8.00. The number of amides is 1. The molecule has 124 valence electrons. The number of aromatic nitrogens is 1. The van der Waals surface area contributed by atoms with Crippen molar-refractivity contribution in [2.75, 3.05) is 5.32 Å². The first-order chi connectivity index (χ1) is 11.4.